The highest BCUT2D eigenvalue weighted by Crippen LogP contribution is 2.37. The number of hydrogen-bond acceptors (Lipinski definition) is 5. The summed E-state index contributed by atoms with van der Waals surface area (Å²) >= 11 is 1.64. The second-order valence-electron chi connectivity index (χ2n) is 8.12. The molecule has 2 aliphatic rings. The van der Waals surface area contributed by atoms with Gasteiger partial charge in [0.15, 0.2) is 0 Å². The van der Waals surface area contributed by atoms with Gasteiger partial charge in [0.05, 0.1) is 22.5 Å². The standard InChI is InChI=1S/C23H27N3O3S/c1-15-25-20(14-30-15)17-8-6-16(7-9-17)10-12-24-21(27)11-13-26-22(28)18-4-2-3-5-19(18)23(26)29/h6-9,14,18-19H,2-5,10-13H2,1H3,(H,24,27). The second-order valence-corrected chi connectivity index (χ2v) is 9.19. The first-order valence-electron chi connectivity index (χ1n) is 10.7. The SMILES string of the molecule is Cc1nc(-c2ccc(CCNC(=O)CCN3C(=O)C4CCCCC4C3=O)cc2)cs1. The zero-order valence-electron chi connectivity index (χ0n) is 17.2. The summed E-state index contributed by atoms with van der Waals surface area (Å²) in [5.41, 5.74) is 3.22. The van der Waals surface area contributed by atoms with Crippen molar-refractivity contribution in [3.8, 4) is 11.3 Å². The van der Waals surface area contributed by atoms with Crippen LogP contribution in [0.3, 0.4) is 0 Å². The van der Waals surface area contributed by atoms with E-state index in [-0.39, 0.29) is 42.5 Å². The fraction of sp³-hybridized carbons (Fsp3) is 0.478. The Morgan fingerprint density at radius 2 is 1.80 bits per heavy atom. The lowest BCUT2D eigenvalue weighted by Crippen LogP contribution is -2.35. The number of carbonyl (C=O) groups is 3. The molecule has 0 spiro atoms. The third kappa shape index (κ3) is 4.46. The molecule has 158 valence electrons. The van der Waals surface area contributed by atoms with Gasteiger partial charge in [0.25, 0.3) is 0 Å². The van der Waals surface area contributed by atoms with Crippen molar-refractivity contribution in [3.05, 3.63) is 40.2 Å². The molecule has 4 rings (SSSR count). The van der Waals surface area contributed by atoms with E-state index in [4.69, 9.17) is 0 Å². The Bertz CT molecular complexity index is 913. The van der Waals surface area contributed by atoms with Crippen LogP contribution in [0.25, 0.3) is 11.3 Å². The number of aryl methyl sites for hydroxylation is 1. The van der Waals surface area contributed by atoms with Gasteiger partial charge in [-0.3, -0.25) is 19.3 Å². The molecule has 0 bridgehead atoms. The van der Waals surface area contributed by atoms with Gasteiger partial charge >= 0.3 is 0 Å². The normalized spacial score (nSPS) is 21.0. The summed E-state index contributed by atoms with van der Waals surface area (Å²) in [6.45, 7) is 2.72. The van der Waals surface area contributed by atoms with E-state index >= 15 is 0 Å². The van der Waals surface area contributed by atoms with E-state index in [9.17, 15) is 14.4 Å². The molecule has 1 aromatic carbocycles. The predicted molar refractivity (Wildman–Crippen MR) is 116 cm³/mol. The Morgan fingerprint density at radius 1 is 1.13 bits per heavy atom. The Hall–Kier alpha value is -2.54. The summed E-state index contributed by atoms with van der Waals surface area (Å²) in [6, 6.07) is 8.21. The van der Waals surface area contributed by atoms with E-state index in [2.05, 4.69) is 39.9 Å². The number of aromatic nitrogens is 1. The number of hydrogen-bond donors (Lipinski definition) is 1. The Balaban J connectivity index is 1.21. The van der Waals surface area contributed by atoms with Gasteiger partial charge < -0.3 is 5.32 Å². The lowest BCUT2D eigenvalue weighted by Gasteiger charge is -2.19. The summed E-state index contributed by atoms with van der Waals surface area (Å²) in [7, 11) is 0. The minimum absolute atomic E-state index is 0.0760. The van der Waals surface area contributed by atoms with Crippen LogP contribution in [0.5, 0.6) is 0 Å². The van der Waals surface area contributed by atoms with Gasteiger partial charge in [0, 0.05) is 30.5 Å². The van der Waals surface area contributed by atoms with Crippen LogP contribution >= 0.6 is 11.3 Å². The fourth-order valence-electron chi connectivity index (χ4n) is 4.44. The number of nitrogens with zero attached hydrogens (tertiary/aromatic N) is 2. The number of likely N-dealkylation sites (tertiary alicyclic amines) is 1. The second kappa shape index (κ2) is 9.08. The molecule has 2 atom stereocenters. The monoisotopic (exact) mass is 425 g/mol. The molecule has 2 fully saturated rings. The van der Waals surface area contributed by atoms with Crippen LogP contribution in [0.1, 0.15) is 42.7 Å². The highest BCUT2D eigenvalue weighted by atomic mass is 32.1. The maximum Gasteiger partial charge on any atom is 0.233 e. The maximum atomic E-state index is 12.5. The van der Waals surface area contributed by atoms with Gasteiger partial charge in [-0.15, -0.1) is 11.3 Å². The van der Waals surface area contributed by atoms with Gasteiger partial charge in [0.1, 0.15) is 0 Å². The average molecular weight is 426 g/mol. The molecular formula is C23H27N3O3S. The van der Waals surface area contributed by atoms with E-state index in [0.29, 0.717) is 6.54 Å². The summed E-state index contributed by atoms with van der Waals surface area (Å²) in [5, 5.41) is 6.00. The number of imide groups is 1. The number of rotatable bonds is 7. The molecule has 2 heterocycles. The number of carbonyl (C=O) groups excluding carboxylic acids is 3. The van der Waals surface area contributed by atoms with Crippen molar-refractivity contribution in [1.29, 1.82) is 0 Å². The first-order valence-corrected chi connectivity index (χ1v) is 11.5. The van der Waals surface area contributed by atoms with Crippen LogP contribution in [0.2, 0.25) is 0 Å². The fourth-order valence-corrected chi connectivity index (χ4v) is 5.06. The topological polar surface area (TPSA) is 79.4 Å². The number of fused-ring (bicyclic) bond motifs is 1. The first-order chi connectivity index (χ1) is 14.5. The zero-order chi connectivity index (χ0) is 21.1. The number of amides is 3. The molecule has 7 heteroatoms. The van der Waals surface area contributed by atoms with E-state index < -0.39 is 0 Å². The van der Waals surface area contributed by atoms with E-state index in [1.54, 1.807) is 11.3 Å². The van der Waals surface area contributed by atoms with Crippen molar-refractivity contribution >= 4 is 29.1 Å². The minimum atomic E-state index is -0.148. The van der Waals surface area contributed by atoms with Crippen LogP contribution in [-0.4, -0.2) is 40.7 Å². The molecular weight excluding hydrogens is 398 g/mol. The highest BCUT2D eigenvalue weighted by Gasteiger charge is 2.47. The van der Waals surface area contributed by atoms with Gasteiger partial charge in [-0.2, -0.15) is 0 Å². The highest BCUT2D eigenvalue weighted by molar-refractivity contribution is 7.09. The lowest BCUT2D eigenvalue weighted by atomic mass is 9.81. The molecule has 30 heavy (non-hydrogen) atoms. The third-order valence-electron chi connectivity index (χ3n) is 6.10. The number of nitrogens with one attached hydrogen (secondary N) is 1. The summed E-state index contributed by atoms with van der Waals surface area (Å²) in [4.78, 5) is 42.9. The summed E-state index contributed by atoms with van der Waals surface area (Å²) in [5.74, 6) is -0.572. The largest absolute Gasteiger partial charge is 0.356 e. The first kappa shape index (κ1) is 20.7. The van der Waals surface area contributed by atoms with Gasteiger partial charge in [-0.25, -0.2) is 4.98 Å². The molecule has 2 aromatic rings. The van der Waals surface area contributed by atoms with Crippen molar-refractivity contribution in [2.75, 3.05) is 13.1 Å². The van der Waals surface area contributed by atoms with Crippen molar-refractivity contribution in [2.45, 2.75) is 45.4 Å². The molecule has 2 unspecified atom stereocenters. The minimum Gasteiger partial charge on any atom is -0.356 e. The smallest absolute Gasteiger partial charge is 0.233 e. The molecule has 6 nitrogen and oxygen atoms in total. The number of benzene rings is 1. The molecule has 1 saturated carbocycles. The molecule has 0 radical (unpaired) electrons. The Labute approximate surface area is 180 Å². The molecule has 1 saturated heterocycles. The van der Waals surface area contributed by atoms with Crippen LogP contribution in [0.4, 0.5) is 0 Å². The Morgan fingerprint density at radius 3 is 2.40 bits per heavy atom. The lowest BCUT2D eigenvalue weighted by molar-refractivity contribution is -0.140. The van der Waals surface area contributed by atoms with E-state index in [1.165, 1.54) is 4.90 Å². The third-order valence-corrected chi connectivity index (χ3v) is 6.87. The van der Waals surface area contributed by atoms with Crippen LogP contribution < -0.4 is 5.32 Å². The summed E-state index contributed by atoms with van der Waals surface area (Å²) in [6.07, 6.45) is 4.53. The van der Waals surface area contributed by atoms with Crippen LogP contribution in [-0.2, 0) is 20.8 Å². The maximum absolute atomic E-state index is 12.5. The van der Waals surface area contributed by atoms with Gasteiger partial charge in [-0.1, -0.05) is 37.1 Å². The quantitative estimate of drug-likeness (QED) is 0.690. The van der Waals surface area contributed by atoms with Crippen molar-refractivity contribution in [3.63, 3.8) is 0 Å². The van der Waals surface area contributed by atoms with Crippen LogP contribution in [0, 0.1) is 18.8 Å². The van der Waals surface area contributed by atoms with Crippen molar-refractivity contribution < 1.29 is 14.4 Å². The number of thiazole rings is 1. The molecule has 1 aliphatic heterocycles. The molecule has 3 amide bonds. The van der Waals surface area contributed by atoms with Gasteiger partial charge in [-0.05, 0) is 31.7 Å². The average Bonchev–Trinajstić information content (AvgIpc) is 3.29. The van der Waals surface area contributed by atoms with E-state index in [0.717, 1.165) is 53.9 Å². The Kier molecular flexibility index (Phi) is 6.27. The van der Waals surface area contributed by atoms with Gasteiger partial charge in [0.2, 0.25) is 17.7 Å². The summed E-state index contributed by atoms with van der Waals surface area (Å²) < 4.78 is 0. The van der Waals surface area contributed by atoms with Crippen molar-refractivity contribution in [1.82, 2.24) is 15.2 Å². The molecule has 1 N–H and O–H groups in total. The van der Waals surface area contributed by atoms with Crippen LogP contribution in [0.15, 0.2) is 29.6 Å². The molecule has 1 aromatic heterocycles. The predicted octanol–water partition coefficient (Wildman–Crippen LogP) is 3.34. The zero-order valence-corrected chi connectivity index (χ0v) is 18.0. The van der Waals surface area contributed by atoms with Crippen molar-refractivity contribution in [2.24, 2.45) is 11.8 Å². The molecule has 1 aliphatic carbocycles. The van der Waals surface area contributed by atoms with E-state index in [1.807, 2.05) is 6.92 Å².